The Labute approximate surface area is 86.0 Å². The zero-order chi connectivity index (χ0) is 10.6. The topological polar surface area (TPSA) is 44.4 Å². The highest BCUT2D eigenvalue weighted by molar-refractivity contribution is 5.81. The Morgan fingerprint density at radius 1 is 1.36 bits per heavy atom. The first-order valence-electron chi connectivity index (χ1n) is 5.21. The highest BCUT2D eigenvalue weighted by Crippen LogP contribution is 2.12. The molecule has 1 saturated heterocycles. The number of carbonyl (C=O) groups excluding carboxylic acids is 1. The van der Waals surface area contributed by atoms with Crippen molar-refractivity contribution in [3.63, 3.8) is 0 Å². The Morgan fingerprint density at radius 3 is 2.43 bits per heavy atom. The minimum Gasteiger partial charge on any atom is -0.343 e. The fourth-order valence-electron chi connectivity index (χ4n) is 1.32. The molecule has 0 radical (unpaired) electrons. The number of rotatable bonds is 2. The standard InChI is InChI=1S/C10H21N3O/c1-10(2,3)9(14)12-8-13-6-4-11-5-7-13/h11H,4-8H2,1-3H3,(H,12,14). The summed E-state index contributed by atoms with van der Waals surface area (Å²) in [5, 5.41) is 6.23. The Morgan fingerprint density at radius 2 is 1.93 bits per heavy atom. The third-order valence-corrected chi connectivity index (χ3v) is 2.35. The summed E-state index contributed by atoms with van der Waals surface area (Å²) in [5.74, 6) is 0.121. The number of hydrogen-bond donors (Lipinski definition) is 2. The largest absolute Gasteiger partial charge is 0.343 e. The molecular formula is C10H21N3O. The van der Waals surface area contributed by atoms with E-state index in [1.54, 1.807) is 0 Å². The average Bonchev–Trinajstić information content (AvgIpc) is 2.14. The van der Waals surface area contributed by atoms with Gasteiger partial charge in [0, 0.05) is 31.6 Å². The molecule has 4 heteroatoms. The van der Waals surface area contributed by atoms with Gasteiger partial charge in [-0.05, 0) is 0 Å². The molecule has 0 spiro atoms. The quantitative estimate of drug-likeness (QED) is 0.658. The van der Waals surface area contributed by atoms with E-state index in [9.17, 15) is 4.79 Å². The molecule has 1 fully saturated rings. The maximum Gasteiger partial charge on any atom is 0.226 e. The second kappa shape index (κ2) is 4.75. The van der Waals surface area contributed by atoms with Gasteiger partial charge in [0.25, 0.3) is 0 Å². The molecule has 82 valence electrons. The third kappa shape index (κ3) is 3.64. The van der Waals surface area contributed by atoms with Crippen LogP contribution in [0.3, 0.4) is 0 Å². The Hall–Kier alpha value is -0.610. The second-order valence-corrected chi connectivity index (χ2v) is 4.78. The number of carbonyl (C=O) groups is 1. The molecule has 14 heavy (non-hydrogen) atoms. The second-order valence-electron chi connectivity index (χ2n) is 4.78. The van der Waals surface area contributed by atoms with Gasteiger partial charge in [0.1, 0.15) is 0 Å². The lowest BCUT2D eigenvalue weighted by atomic mass is 9.96. The van der Waals surface area contributed by atoms with Gasteiger partial charge in [-0.15, -0.1) is 0 Å². The van der Waals surface area contributed by atoms with Crippen LogP contribution in [0.5, 0.6) is 0 Å². The predicted molar refractivity (Wildman–Crippen MR) is 56.9 cm³/mol. The predicted octanol–water partition coefficient (Wildman–Crippen LogP) is 0.0114. The lowest BCUT2D eigenvalue weighted by Crippen LogP contribution is -2.49. The van der Waals surface area contributed by atoms with E-state index in [2.05, 4.69) is 15.5 Å². The van der Waals surface area contributed by atoms with Crippen molar-refractivity contribution < 1.29 is 4.79 Å². The van der Waals surface area contributed by atoms with Crippen molar-refractivity contribution in [2.24, 2.45) is 5.41 Å². The fourth-order valence-corrected chi connectivity index (χ4v) is 1.32. The molecule has 1 amide bonds. The SMILES string of the molecule is CC(C)(C)C(=O)NCN1CCNCC1. The summed E-state index contributed by atoms with van der Waals surface area (Å²) < 4.78 is 0. The lowest BCUT2D eigenvalue weighted by molar-refractivity contribution is -0.129. The number of nitrogens with one attached hydrogen (secondary N) is 2. The molecule has 1 aliphatic heterocycles. The van der Waals surface area contributed by atoms with Crippen LogP contribution in [-0.2, 0) is 4.79 Å². The van der Waals surface area contributed by atoms with Crippen LogP contribution in [0.1, 0.15) is 20.8 Å². The molecule has 0 aromatic heterocycles. The Kier molecular flexibility index (Phi) is 3.89. The van der Waals surface area contributed by atoms with Crippen molar-refractivity contribution >= 4 is 5.91 Å². The summed E-state index contributed by atoms with van der Waals surface area (Å²) in [6.45, 7) is 10.5. The van der Waals surface area contributed by atoms with Gasteiger partial charge in [-0.2, -0.15) is 0 Å². The molecule has 0 aromatic carbocycles. The summed E-state index contributed by atoms with van der Waals surface area (Å²) in [6.07, 6.45) is 0. The van der Waals surface area contributed by atoms with Crippen LogP contribution >= 0.6 is 0 Å². The summed E-state index contributed by atoms with van der Waals surface area (Å²) in [7, 11) is 0. The van der Waals surface area contributed by atoms with Crippen LogP contribution in [0.2, 0.25) is 0 Å². The Balaban J connectivity index is 2.22. The first kappa shape index (κ1) is 11.5. The monoisotopic (exact) mass is 199 g/mol. The summed E-state index contributed by atoms with van der Waals surface area (Å²) in [4.78, 5) is 13.8. The highest BCUT2D eigenvalue weighted by Gasteiger charge is 2.21. The number of hydrogen-bond acceptors (Lipinski definition) is 3. The summed E-state index contributed by atoms with van der Waals surface area (Å²) >= 11 is 0. The molecule has 0 saturated carbocycles. The normalized spacial score (nSPS) is 19.4. The van der Waals surface area contributed by atoms with Crippen molar-refractivity contribution in [1.82, 2.24) is 15.5 Å². The van der Waals surface area contributed by atoms with Crippen molar-refractivity contribution in [3.8, 4) is 0 Å². The van der Waals surface area contributed by atoms with E-state index in [1.807, 2.05) is 20.8 Å². The van der Waals surface area contributed by atoms with E-state index >= 15 is 0 Å². The van der Waals surface area contributed by atoms with Crippen LogP contribution in [0, 0.1) is 5.41 Å². The lowest BCUT2D eigenvalue weighted by Gasteiger charge is -2.28. The molecule has 1 aliphatic rings. The first-order chi connectivity index (χ1) is 6.50. The van der Waals surface area contributed by atoms with E-state index < -0.39 is 0 Å². The van der Waals surface area contributed by atoms with E-state index in [4.69, 9.17) is 0 Å². The van der Waals surface area contributed by atoms with Gasteiger partial charge in [-0.1, -0.05) is 20.8 Å². The molecule has 0 atom stereocenters. The fraction of sp³-hybridized carbons (Fsp3) is 0.900. The molecular weight excluding hydrogens is 178 g/mol. The van der Waals surface area contributed by atoms with Crippen molar-refractivity contribution in [1.29, 1.82) is 0 Å². The van der Waals surface area contributed by atoms with Crippen molar-refractivity contribution in [2.75, 3.05) is 32.8 Å². The Bertz CT molecular complexity index is 192. The van der Waals surface area contributed by atoms with Crippen LogP contribution in [-0.4, -0.2) is 43.7 Å². The van der Waals surface area contributed by atoms with E-state index in [0.29, 0.717) is 6.67 Å². The van der Waals surface area contributed by atoms with Gasteiger partial charge < -0.3 is 10.6 Å². The number of piperazine rings is 1. The molecule has 0 bridgehead atoms. The molecule has 1 heterocycles. The molecule has 0 unspecified atom stereocenters. The molecule has 0 aliphatic carbocycles. The van der Waals surface area contributed by atoms with Gasteiger partial charge in [0.15, 0.2) is 0 Å². The highest BCUT2D eigenvalue weighted by atomic mass is 16.2. The summed E-state index contributed by atoms with van der Waals surface area (Å²) in [6, 6.07) is 0. The molecule has 2 N–H and O–H groups in total. The molecule has 1 rings (SSSR count). The van der Waals surface area contributed by atoms with Gasteiger partial charge >= 0.3 is 0 Å². The maximum absolute atomic E-state index is 11.6. The smallest absolute Gasteiger partial charge is 0.226 e. The van der Waals surface area contributed by atoms with Gasteiger partial charge in [-0.3, -0.25) is 9.69 Å². The molecule has 0 aromatic rings. The van der Waals surface area contributed by atoms with Crippen LogP contribution in [0.15, 0.2) is 0 Å². The van der Waals surface area contributed by atoms with Gasteiger partial charge in [0.05, 0.1) is 6.67 Å². The van der Waals surface area contributed by atoms with Gasteiger partial charge in [0.2, 0.25) is 5.91 Å². The maximum atomic E-state index is 11.6. The minimum absolute atomic E-state index is 0.121. The van der Waals surface area contributed by atoms with Crippen LogP contribution in [0.4, 0.5) is 0 Å². The van der Waals surface area contributed by atoms with E-state index in [0.717, 1.165) is 26.2 Å². The third-order valence-electron chi connectivity index (χ3n) is 2.35. The van der Waals surface area contributed by atoms with Crippen molar-refractivity contribution in [3.05, 3.63) is 0 Å². The first-order valence-corrected chi connectivity index (χ1v) is 5.21. The molecule has 4 nitrogen and oxygen atoms in total. The zero-order valence-electron chi connectivity index (χ0n) is 9.39. The number of nitrogens with zero attached hydrogens (tertiary/aromatic N) is 1. The number of amides is 1. The van der Waals surface area contributed by atoms with E-state index in [1.165, 1.54) is 0 Å². The summed E-state index contributed by atoms with van der Waals surface area (Å²) in [5.41, 5.74) is -0.284. The van der Waals surface area contributed by atoms with Gasteiger partial charge in [-0.25, -0.2) is 0 Å². The minimum atomic E-state index is -0.284. The van der Waals surface area contributed by atoms with Crippen LogP contribution in [0.25, 0.3) is 0 Å². The zero-order valence-corrected chi connectivity index (χ0v) is 9.39. The van der Waals surface area contributed by atoms with Crippen molar-refractivity contribution in [2.45, 2.75) is 20.8 Å². The average molecular weight is 199 g/mol. The van der Waals surface area contributed by atoms with E-state index in [-0.39, 0.29) is 11.3 Å². The van der Waals surface area contributed by atoms with Crippen LogP contribution < -0.4 is 10.6 Å².